The number of imidazole rings is 1. The molecule has 1 atom stereocenters. The van der Waals surface area contributed by atoms with Crippen molar-refractivity contribution in [1.82, 2.24) is 14.5 Å². The van der Waals surface area contributed by atoms with Crippen molar-refractivity contribution in [3.05, 3.63) is 58.1 Å². The molecule has 0 bridgehead atoms. The molecule has 10 heteroatoms. The van der Waals surface area contributed by atoms with Crippen LogP contribution in [0.15, 0.2) is 40.9 Å². The molecule has 170 valence electrons. The number of fused-ring (bicyclic) bond motifs is 3. The third-order valence-electron chi connectivity index (χ3n) is 4.99. The van der Waals surface area contributed by atoms with E-state index in [2.05, 4.69) is 20.9 Å². The molecule has 1 amide bonds. The van der Waals surface area contributed by atoms with Crippen molar-refractivity contribution in [3.63, 3.8) is 0 Å². The standard InChI is InChI=1S/C22H21BrF3N3O3/c1-22(2,3)32-21(30)28-10-17(12-6-4-5-7-18(12)31-20(25)26)29-16-8-13(23)14(24)9-15(16)27-19(29)11-28/h4-9,17,20H,10-11H2,1-3H3/t17-/m1/s1. The number of alkyl halides is 2. The van der Waals surface area contributed by atoms with Gasteiger partial charge in [0.05, 0.1) is 28.1 Å². The Morgan fingerprint density at radius 3 is 2.66 bits per heavy atom. The molecular weight excluding hydrogens is 491 g/mol. The molecule has 3 aromatic rings. The van der Waals surface area contributed by atoms with Crippen molar-refractivity contribution in [2.45, 2.75) is 45.6 Å². The Morgan fingerprint density at radius 1 is 1.25 bits per heavy atom. The molecule has 0 spiro atoms. The molecule has 1 aliphatic heterocycles. The lowest BCUT2D eigenvalue weighted by atomic mass is 10.0. The highest BCUT2D eigenvalue weighted by Crippen LogP contribution is 2.37. The molecule has 0 saturated carbocycles. The van der Waals surface area contributed by atoms with Crippen LogP contribution in [0.1, 0.15) is 38.2 Å². The van der Waals surface area contributed by atoms with Gasteiger partial charge in [-0.05, 0) is 48.8 Å². The van der Waals surface area contributed by atoms with Gasteiger partial charge in [0.1, 0.15) is 23.0 Å². The van der Waals surface area contributed by atoms with Crippen LogP contribution in [0.5, 0.6) is 5.75 Å². The smallest absolute Gasteiger partial charge is 0.410 e. The summed E-state index contributed by atoms with van der Waals surface area (Å²) in [7, 11) is 0. The summed E-state index contributed by atoms with van der Waals surface area (Å²) in [6, 6.07) is 8.68. The van der Waals surface area contributed by atoms with E-state index in [1.54, 1.807) is 45.0 Å². The maximum absolute atomic E-state index is 14.1. The number of hydrogen-bond donors (Lipinski definition) is 0. The van der Waals surface area contributed by atoms with Crippen molar-refractivity contribution in [2.24, 2.45) is 0 Å². The van der Waals surface area contributed by atoms with Crippen LogP contribution < -0.4 is 4.74 Å². The maximum Gasteiger partial charge on any atom is 0.410 e. The number of rotatable bonds is 3. The van der Waals surface area contributed by atoms with E-state index < -0.39 is 30.2 Å². The highest BCUT2D eigenvalue weighted by molar-refractivity contribution is 9.10. The third kappa shape index (κ3) is 4.41. The van der Waals surface area contributed by atoms with Crippen LogP contribution in [-0.2, 0) is 11.3 Å². The van der Waals surface area contributed by atoms with E-state index in [4.69, 9.17) is 9.47 Å². The Bertz CT molecular complexity index is 1180. The second-order valence-corrected chi connectivity index (χ2v) is 9.30. The van der Waals surface area contributed by atoms with Crippen molar-refractivity contribution in [2.75, 3.05) is 6.54 Å². The number of carbonyl (C=O) groups is 1. The zero-order valence-corrected chi connectivity index (χ0v) is 19.2. The van der Waals surface area contributed by atoms with Gasteiger partial charge in [0.25, 0.3) is 0 Å². The Kier molecular flexibility index (Phi) is 5.83. The number of para-hydroxylation sites is 1. The van der Waals surface area contributed by atoms with Gasteiger partial charge in [-0.1, -0.05) is 18.2 Å². The predicted octanol–water partition coefficient (Wildman–Crippen LogP) is 5.88. The van der Waals surface area contributed by atoms with Crippen LogP contribution in [0, 0.1) is 5.82 Å². The first-order chi connectivity index (χ1) is 15.0. The van der Waals surface area contributed by atoms with Crippen LogP contribution in [0.3, 0.4) is 0 Å². The Morgan fingerprint density at radius 2 is 1.97 bits per heavy atom. The minimum absolute atomic E-state index is 0.00693. The minimum Gasteiger partial charge on any atom is -0.444 e. The van der Waals surface area contributed by atoms with E-state index in [0.717, 1.165) is 0 Å². The van der Waals surface area contributed by atoms with Gasteiger partial charge in [-0.2, -0.15) is 8.78 Å². The van der Waals surface area contributed by atoms with Gasteiger partial charge in [-0.25, -0.2) is 14.2 Å². The lowest BCUT2D eigenvalue weighted by Crippen LogP contribution is -2.44. The zero-order chi connectivity index (χ0) is 23.2. The van der Waals surface area contributed by atoms with Gasteiger partial charge in [0, 0.05) is 18.2 Å². The zero-order valence-electron chi connectivity index (χ0n) is 17.6. The quantitative estimate of drug-likeness (QED) is 0.440. The number of aromatic nitrogens is 2. The number of halogens is 4. The van der Waals surface area contributed by atoms with Crippen LogP contribution in [0.4, 0.5) is 18.0 Å². The summed E-state index contributed by atoms with van der Waals surface area (Å²) >= 11 is 3.20. The van der Waals surface area contributed by atoms with E-state index in [1.165, 1.54) is 17.0 Å². The number of benzene rings is 2. The third-order valence-corrected chi connectivity index (χ3v) is 5.60. The monoisotopic (exact) mass is 511 g/mol. The number of carbonyl (C=O) groups excluding carboxylic acids is 1. The number of nitrogens with zero attached hydrogens (tertiary/aromatic N) is 3. The van der Waals surface area contributed by atoms with Crippen molar-refractivity contribution in [3.8, 4) is 5.75 Å². The van der Waals surface area contributed by atoms with Gasteiger partial charge in [-0.15, -0.1) is 0 Å². The number of hydrogen-bond acceptors (Lipinski definition) is 4. The molecule has 2 heterocycles. The van der Waals surface area contributed by atoms with Crippen molar-refractivity contribution >= 4 is 33.1 Å². The SMILES string of the molecule is CC(C)(C)OC(=O)N1Cc2nc3cc(F)c(Br)cc3n2[C@@H](c2ccccc2OC(F)F)C1. The van der Waals surface area contributed by atoms with E-state index >= 15 is 0 Å². The summed E-state index contributed by atoms with van der Waals surface area (Å²) < 4.78 is 52.6. The maximum atomic E-state index is 14.1. The molecule has 0 aliphatic carbocycles. The molecule has 4 rings (SSSR count). The second kappa shape index (κ2) is 8.31. The first-order valence-electron chi connectivity index (χ1n) is 9.91. The van der Waals surface area contributed by atoms with E-state index in [-0.39, 0.29) is 23.3 Å². The fraction of sp³-hybridized carbons (Fsp3) is 0.364. The molecule has 1 aliphatic rings. The number of amides is 1. The molecule has 32 heavy (non-hydrogen) atoms. The minimum atomic E-state index is -3.01. The van der Waals surface area contributed by atoms with Crippen molar-refractivity contribution < 1.29 is 27.4 Å². The summed E-state index contributed by atoms with van der Waals surface area (Å²) in [6.45, 7) is 2.52. The van der Waals surface area contributed by atoms with Gasteiger partial charge in [0.2, 0.25) is 0 Å². The lowest BCUT2D eigenvalue weighted by molar-refractivity contribution is -0.0509. The molecule has 0 unspecified atom stereocenters. The van der Waals surface area contributed by atoms with E-state index in [0.29, 0.717) is 22.4 Å². The molecule has 0 saturated heterocycles. The average molecular weight is 512 g/mol. The fourth-order valence-corrected chi connectivity index (χ4v) is 4.12. The lowest BCUT2D eigenvalue weighted by Gasteiger charge is -2.36. The van der Waals surface area contributed by atoms with Crippen LogP contribution in [-0.4, -0.2) is 39.3 Å². The summed E-state index contributed by atoms with van der Waals surface area (Å²) in [6.07, 6.45) is -0.555. The van der Waals surface area contributed by atoms with Gasteiger partial charge < -0.3 is 14.0 Å². The first-order valence-corrected chi connectivity index (χ1v) is 10.7. The largest absolute Gasteiger partial charge is 0.444 e. The molecule has 1 aromatic heterocycles. The molecule has 0 N–H and O–H groups in total. The van der Waals surface area contributed by atoms with Gasteiger partial charge in [0.15, 0.2) is 0 Å². The highest BCUT2D eigenvalue weighted by atomic mass is 79.9. The molecule has 2 aromatic carbocycles. The average Bonchev–Trinajstić information content (AvgIpc) is 3.03. The van der Waals surface area contributed by atoms with E-state index in [1.807, 2.05) is 4.57 Å². The molecule has 0 fully saturated rings. The van der Waals surface area contributed by atoms with Crippen molar-refractivity contribution in [1.29, 1.82) is 0 Å². The Balaban J connectivity index is 1.86. The summed E-state index contributed by atoms with van der Waals surface area (Å²) in [4.78, 5) is 18.8. The predicted molar refractivity (Wildman–Crippen MR) is 115 cm³/mol. The Hall–Kier alpha value is -2.75. The summed E-state index contributed by atoms with van der Waals surface area (Å²) in [5.74, 6) is -0.00564. The van der Waals surface area contributed by atoms with Crippen LogP contribution in [0.25, 0.3) is 11.0 Å². The number of ether oxygens (including phenoxy) is 2. The second-order valence-electron chi connectivity index (χ2n) is 8.45. The molecule has 6 nitrogen and oxygen atoms in total. The summed E-state index contributed by atoms with van der Waals surface area (Å²) in [5, 5.41) is 0. The summed E-state index contributed by atoms with van der Waals surface area (Å²) in [5.41, 5.74) is 0.731. The topological polar surface area (TPSA) is 56.6 Å². The highest BCUT2D eigenvalue weighted by Gasteiger charge is 2.35. The normalized spacial score (nSPS) is 16.4. The van der Waals surface area contributed by atoms with E-state index in [9.17, 15) is 18.0 Å². The fourth-order valence-electron chi connectivity index (χ4n) is 3.79. The van der Waals surface area contributed by atoms with Crippen LogP contribution in [0.2, 0.25) is 0 Å². The van der Waals surface area contributed by atoms with Gasteiger partial charge in [-0.3, -0.25) is 4.90 Å². The van der Waals surface area contributed by atoms with Crippen LogP contribution >= 0.6 is 15.9 Å². The van der Waals surface area contributed by atoms with Gasteiger partial charge >= 0.3 is 12.7 Å². The Labute approximate surface area is 191 Å². The molecular formula is C22H21BrF3N3O3. The first kappa shape index (κ1) is 22.4. The molecule has 0 radical (unpaired) electrons.